The summed E-state index contributed by atoms with van der Waals surface area (Å²) in [5.74, 6) is 0.437. The summed E-state index contributed by atoms with van der Waals surface area (Å²) in [6.07, 6.45) is 4.70. The van der Waals surface area contributed by atoms with Crippen LogP contribution >= 0.6 is 0 Å². The monoisotopic (exact) mass is 300 g/mol. The summed E-state index contributed by atoms with van der Waals surface area (Å²) in [5.41, 5.74) is 1.96. The predicted octanol–water partition coefficient (Wildman–Crippen LogP) is 1.71. The second kappa shape index (κ2) is 7.09. The number of nitrogens with zero attached hydrogens (tertiary/aromatic N) is 2. The molecule has 116 valence electrons. The van der Waals surface area contributed by atoms with Gasteiger partial charge in [-0.25, -0.2) is 9.48 Å². The summed E-state index contributed by atoms with van der Waals surface area (Å²) < 4.78 is 7.08. The van der Waals surface area contributed by atoms with E-state index in [0.717, 1.165) is 30.9 Å². The van der Waals surface area contributed by atoms with E-state index in [1.165, 1.54) is 0 Å². The van der Waals surface area contributed by atoms with Crippen LogP contribution in [0, 0.1) is 5.92 Å². The van der Waals surface area contributed by atoms with Gasteiger partial charge in [0.1, 0.15) is 0 Å². The maximum Gasteiger partial charge on any atom is 0.315 e. The molecule has 1 aromatic carbocycles. The summed E-state index contributed by atoms with van der Waals surface area (Å²) in [4.78, 5) is 11.8. The molecule has 2 aromatic rings. The first-order valence-corrected chi connectivity index (χ1v) is 7.49. The van der Waals surface area contributed by atoms with E-state index in [9.17, 15) is 4.79 Å². The summed E-state index contributed by atoms with van der Waals surface area (Å²) in [6.45, 7) is 2.66. The molecule has 2 amide bonds. The van der Waals surface area contributed by atoms with Crippen LogP contribution < -0.4 is 10.6 Å². The average molecular weight is 300 g/mol. The first-order valence-electron chi connectivity index (χ1n) is 7.49. The van der Waals surface area contributed by atoms with Crippen LogP contribution in [0.4, 0.5) is 4.79 Å². The van der Waals surface area contributed by atoms with Crippen molar-refractivity contribution in [3.05, 3.63) is 48.3 Å². The van der Waals surface area contributed by atoms with Crippen LogP contribution in [0.1, 0.15) is 12.0 Å². The molecule has 0 saturated carbocycles. The molecular weight excluding hydrogens is 280 g/mol. The fraction of sp³-hybridized carbons (Fsp3) is 0.375. The lowest BCUT2D eigenvalue weighted by atomic mass is 10.1. The van der Waals surface area contributed by atoms with E-state index in [-0.39, 0.29) is 6.03 Å². The molecule has 1 aliphatic heterocycles. The van der Waals surface area contributed by atoms with Crippen molar-refractivity contribution >= 4 is 6.03 Å². The Kier molecular flexibility index (Phi) is 4.70. The number of hydrogen-bond donors (Lipinski definition) is 2. The van der Waals surface area contributed by atoms with Crippen molar-refractivity contribution in [2.24, 2.45) is 5.92 Å². The van der Waals surface area contributed by atoms with Crippen molar-refractivity contribution in [3.8, 4) is 5.69 Å². The molecule has 2 N–H and O–H groups in total. The zero-order chi connectivity index (χ0) is 15.2. The van der Waals surface area contributed by atoms with Gasteiger partial charge in [-0.05, 0) is 18.6 Å². The maximum absolute atomic E-state index is 11.8. The third-order valence-electron chi connectivity index (χ3n) is 3.69. The number of rotatable bonds is 5. The lowest BCUT2D eigenvalue weighted by molar-refractivity contribution is 0.185. The van der Waals surface area contributed by atoms with Gasteiger partial charge in [-0.15, -0.1) is 0 Å². The van der Waals surface area contributed by atoms with Crippen molar-refractivity contribution in [2.45, 2.75) is 13.0 Å². The molecule has 6 nitrogen and oxygen atoms in total. The number of carbonyl (C=O) groups is 1. The lowest BCUT2D eigenvalue weighted by Gasteiger charge is -2.10. The minimum Gasteiger partial charge on any atom is -0.381 e. The van der Waals surface area contributed by atoms with Crippen molar-refractivity contribution in [1.82, 2.24) is 20.4 Å². The molecule has 1 atom stereocenters. The quantitative estimate of drug-likeness (QED) is 0.883. The first kappa shape index (κ1) is 14.6. The Bertz CT molecular complexity index is 606. The van der Waals surface area contributed by atoms with E-state index in [2.05, 4.69) is 15.7 Å². The van der Waals surface area contributed by atoms with E-state index < -0.39 is 0 Å². The number of carbonyl (C=O) groups excluding carboxylic acids is 1. The van der Waals surface area contributed by atoms with Crippen LogP contribution in [-0.4, -0.2) is 35.6 Å². The SMILES string of the molecule is O=C(NCc1cnn(-c2ccccc2)c1)NC[C@@H]1CCOC1. The molecule has 6 heteroatoms. The van der Waals surface area contributed by atoms with Gasteiger partial charge in [0.05, 0.1) is 18.5 Å². The molecule has 22 heavy (non-hydrogen) atoms. The Morgan fingerprint density at radius 2 is 2.18 bits per heavy atom. The van der Waals surface area contributed by atoms with Gasteiger partial charge in [-0.1, -0.05) is 18.2 Å². The second-order valence-electron chi connectivity index (χ2n) is 5.42. The van der Waals surface area contributed by atoms with Gasteiger partial charge in [-0.3, -0.25) is 0 Å². The van der Waals surface area contributed by atoms with Gasteiger partial charge in [0.2, 0.25) is 0 Å². The highest BCUT2D eigenvalue weighted by molar-refractivity contribution is 5.73. The topological polar surface area (TPSA) is 68.2 Å². The van der Waals surface area contributed by atoms with Gasteiger partial charge < -0.3 is 15.4 Å². The fourth-order valence-electron chi connectivity index (χ4n) is 2.40. The van der Waals surface area contributed by atoms with Crippen molar-refractivity contribution in [1.29, 1.82) is 0 Å². The Morgan fingerprint density at radius 3 is 2.95 bits per heavy atom. The Labute approximate surface area is 129 Å². The smallest absolute Gasteiger partial charge is 0.315 e. The summed E-state index contributed by atoms with van der Waals surface area (Å²) in [5, 5.41) is 10.0. The van der Waals surface area contributed by atoms with Crippen molar-refractivity contribution in [3.63, 3.8) is 0 Å². The molecule has 1 saturated heterocycles. The predicted molar refractivity (Wildman–Crippen MR) is 82.7 cm³/mol. The van der Waals surface area contributed by atoms with Crippen LogP contribution in [-0.2, 0) is 11.3 Å². The van der Waals surface area contributed by atoms with Crippen LogP contribution in [0.15, 0.2) is 42.7 Å². The van der Waals surface area contributed by atoms with Gasteiger partial charge in [0.15, 0.2) is 0 Å². The highest BCUT2D eigenvalue weighted by Gasteiger charge is 2.16. The highest BCUT2D eigenvalue weighted by atomic mass is 16.5. The summed E-state index contributed by atoms with van der Waals surface area (Å²) in [7, 11) is 0. The molecule has 3 rings (SSSR count). The average Bonchev–Trinajstić information content (AvgIpc) is 3.23. The van der Waals surface area contributed by atoms with Gasteiger partial charge in [0, 0.05) is 37.4 Å². The Morgan fingerprint density at radius 1 is 1.32 bits per heavy atom. The highest BCUT2D eigenvalue weighted by Crippen LogP contribution is 2.10. The molecule has 2 heterocycles. The number of ether oxygens (including phenoxy) is 1. The second-order valence-corrected chi connectivity index (χ2v) is 5.42. The molecule has 0 unspecified atom stereocenters. The van der Waals surface area contributed by atoms with Crippen LogP contribution in [0.25, 0.3) is 5.69 Å². The van der Waals surface area contributed by atoms with E-state index in [1.807, 2.05) is 36.5 Å². The van der Waals surface area contributed by atoms with Crippen LogP contribution in [0.3, 0.4) is 0 Å². The van der Waals surface area contributed by atoms with E-state index in [1.54, 1.807) is 10.9 Å². The van der Waals surface area contributed by atoms with E-state index in [4.69, 9.17) is 4.74 Å². The molecule has 0 aliphatic carbocycles. The molecule has 0 spiro atoms. The van der Waals surface area contributed by atoms with Crippen molar-refractivity contribution in [2.75, 3.05) is 19.8 Å². The minimum atomic E-state index is -0.153. The number of benzene rings is 1. The Hall–Kier alpha value is -2.34. The number of urea groups is 1. The van der Waals surface area contributed by atoms with E-state index in [0.29, 0.717) is 19.0 Å². The normalized spacial score (nSPS) is 17.4. The van der Waals surface area contributed by atoms with Gasteiger partial charge >= 0.3 is 6.03 Å². The first-order chi connectivity index (χ1) is 10.8. The minimum absolute atomic E-state index is 0.153. The Balaban J connectivity index is 1.45. The third kappa shape index (κ3) is 3.85. The molecule has 0 radical (unpaired) electrons. The largest absolute Gasteiger partial charge is 0.381 e. The lowest BCUT2D eigenvalue weighted by Crippen LogP contribution is -2.37. The number of para-hydroxylation sites is 1. The standard InChI is InChI=1S/C16H20N4O2/c21-16(17-8-13-6-7-22-12-13)18-9-14-10-19-20(11-14)15-4-2-1-3-5-15/h1-5,10-11,13H,6-9,12H2,(H2,17,18,21)/t13-/m0/s1. The molecule has 1 aromatic heterocycles. The molecule has 1 fully saturated rings. The summed E-state index contributed by atoms with van der Waals surface area (Å²) in [6, 6.07) is 9.72. The van der Waals surface area contributed by atoms with Gasteiger partial charge in [0.25, 0.3) is 0 Å². The molecule has 0 bridgehead atoms. The maximum atomic E-state index is 11.8. The third-order valence-corrected chi connectivity index (χ3v) is 3.69. The zero-order valence-corrected chi connectivity index (χ0v) is 12.4. The number of aromatic nitrogens is 2. The van der Waals surface area contributed by atoms with Crippen LogP contribution in [0.5, 0.6) is 0 Å². The van der Waals surface area contributed by atoms with Crippen molar-refractivity contribution < 1.29 is 9.53 Å². The molecule has 1 aliphatic rings. The number of hydrogen-bond acceptors (Lipinski definition) is 3. The molecular formula is C16H20N4O2. The summed E-state index contributed by atoms with van der Waals surface area (Å²) >= 11 is 0. The van der Waals surface area contributed by atoms with Gasteiger partial charge in [-0.2, -0.15) is 5.10 Å². The number of amides is 2. The zero-order valence-electron chi connectivity index (χ0n) is 12.4. The van der Waals surface area contributed by atoms with Crippen LogP contribution in [0.2, 0.25) is 0 Å². The fourth-order valence-corrected chi connectivity index (χ4v) is 2.40. The van der Waals surface area contributed by atoms with E-state index >= 15 is 0 Å². The number of nitrogens with one attached hydrogen (secondary N) is 2.